The Morgan fingerprint density at radius 1 is 0.969 bits per heavy atom. The molecule has 0 saturated heterocycles. The second kappa shape index (κ2) is 8.96. The summed E-state index contributed by atoms with van der Waals surface area (Å²) in [6.07, 6.45) is 2.37. The third-order valence-electron chi connectivity index (χ3n) is 5.35. The lowest BCUT2D eigenvalue weighted by atomic mass is 10.1. The number of nitrogens with one attached hydrogen (secondary N) is 1. The summed E-state index contributed by atoms with van der Waals surface area (Å²) in [6.45, 7) is 2.01. The average Bonchev–Trinajstić information content (AvgIpc) is 3.15. The fraction of sp³-hybridized carbons (Fsp3) is 0.160. The van der Waals surface area contributed by atoms with Crippen LogP contribution in [0.3, 0.4) is 0 Å². The van der Waals surface area contributed by atoms with Crippen molar-refractivity contribution in [3.8, 4) is 0 Å². The molecule has 0 aliphatic carbocycles. The van der Waals surface area contributed by atoms with Crippen LogP contribution in [0.1, 0.15) is 18.1 Å². The molecule has 0 spiro atoms. The lowest BCUT2D eigenvalue weighted by Gasteiger charge is -2.08. The molecule has 5 nitrogen and oxygen atoms in total. The van der Waals surface area contributed by atoms with Gasteiger partial charge in [-0.25, -0.2) is 12.8 Å². The predicted octanol–water partition coefficient (Wildman–Crippen LogP) is 4.96. The van der Waals surface area contributed by atoms with Gasteiger partial charge in [-0.2, -0.15) is 0 Å². The van der Waals surface area contributed by atoms with Crippen molar-refractivity contribution in [3.63, 3.8) is 0 Å². The van der Waals surface area contributed by atoms with Crippen LogP contribution < -0.4 is 5.32 Å². The first-order chi connectivity index (χ1) is 15.4. The number of carbonyl (C=O) groups excluding carboxylic acids is 1. The SMILES string of the molecule is CCc1ccc(NC(=O)Cn2cc(S(=O)(=O)Cc3ccccc3F)c3ccccc32)cc1. The van der Waals surface area contributed by atoms with Gasteiger partial charge in [0.05, 0.1) is 10.6 Å². The summed E-state index contributed by atoms with van der Waals surface area (Å²) < 4.78 is 41.9. The highest BCUT2D eigenvalue weighted by Gasteiger charge is 2.23. The molecule has 0 bridgehead atoms. The molecule has 4 aromatic rings. The van der Waals surface area contributed by atoms with Crippen LogP contribution in [0.5, 0.6) is 0 Å². The van der Waals surface area contributed by atoms with Crippen molar-refractivity contribution in [3.05, 3.63) is 95.9 Å². The fourth-order valence-electron chi connectivity index (χ4n) is 3.67. The number of para-hydroxylation sites is 1. The zero-order valence-electron chi connectivity index (χ0n) is 17.6. The van der Waals surface area contributed by atoms with Gasteiger partial charge in [0.25, 0.3) is 0 Å². The third-order valence-corrected chi connectivity index (χ3v) is 7.04. The summed E-state index contributed by atoms with van der Waals surface area (Å²) in [4.78, 5) is 12.7. The topological polar surface area (TPSA) is 68.2 Å². The largest absolute Gasteiger partial charge is 0.337 e. The quantitative estimate of drug-likeness (QED) is 0.433. The minimum atomic E-state index is -3.84. The van der Waals surface area contributed by atoms with Crippen LogP contribution in [0, 0.1) is 5.82 Å². The highest BCUT2D eigenvalue weighted by molar-refractivity contribution is 7.90. The molecule has 4 rings (SSSR count). The molecule has 3 aromatic carbocycles. The number of halogens is 1. The molecule has 0 aliphatic rings. The number of hydrogen-bond donors (Lipinski definition) is 1. The summed E-state index contributed by atoms with van der Waals surface area (Å²) in [5, 5.41) is 3.35. The minimum absolute atomic E-state index is 0.0503. The Balaban J connectivity index is 1.62. The maximum absolute atomic E-state index is 14.1. The van der Waals surface area contributed by atoms with E-state index in [1.165, 1.54) is 30.0 Å². The molecule has 0 radical (unpaired) electrons. The van der Waals surface area contributed by atoms with Crippen LogP contribution >= 0.6 is 0 Å². The van der Waals surface area contributed by atoms with Gasteiger partial charge in [0.15, 0.2) is 9.84 Å². The highest BCUT2D eigenvalue weighted by Crippen LogP contribution is 2.28. The molecule has 1 amide bonds. The van der Waals surface area contributed by atoms with Gasteiger partial charge in [0, 0.05) is 28.4 Å². The Morgan fingerprint density at radius 2 is 1.66 bits per heavy atom. The van der Waals surface area contributed by atoms with Crippen molar-refractivity contribution in [2.75, 3.05) is 5.32 Å². The number of aromatic nitrogens is 1. The van der Waals surface area contributed by atoms with Crippen molar-refractivity contribution in [1.82, 2.24) is 4.57 Å². The van der Waals surface area contributed by atoms with E-state index in [0.29, 0.717) is 16.6 Å². The fourth-order valence-corrected chi connectivity index (χ4v) is 5.26. The normalized spacial score (nSPS) is 11.6. The third kappa shape index (κ3) is 4.57. The summed E-state index contributed by atoms with van der Waals surface area (Å²) >= 11 is 0. The number of fused-ring (bicyclic) bond motifs is 1. The Hall–Kier alpha value is -3.45. The monoisotopic (exact) mass is 450 g/mol. The second-order valence-corrected chi connectivity index (χ2v) is 9.55. The number of rotatable bonds is 7. The lowest BCUT2D eigenvalue weighted by Crippen LogP contribution is -2.18. The molecule has 7 heteroatoms. The number of sulfone groups is 1. The molecule has 0 aliphatic heterocycles. The molecule has 0 atom stereocenters. The highest BCUT2D eigenvalue weighted by atomic mass is 32.2. The molecule has 1 aromatic heterocycles. The average molecular weight is 451 g/mol. The maximum atomic E-state index is 14.1. The molecule has 32 heavy (non-hydrogen) atoms. The van der Waals surface area contributed by atoms with E-state index < -0.39 is 21.4 Å². The van der Waals surface area contributed by atoms with E-state index in [1.54, 1.807) is 34.9 Å². The van der Waals surface area contributed by atoms with Gasteiger partial charge in [-0.05, 0) is 36.2 Å². The van der Waals surface area contributed by atoms with E-state index in [2.05, 4.69) is 12.2 Å². The summed E-state index contributed by atoms with van der Waals surface area (Å²) in [7, 11) is -3.84. The molecule has 0 unspecified atom stereocenters. The number of hydrogen-bond acceptors (Lipinski definition) is 3. The summed E-state index contributed by atoms with van der Waals surface area (Å²) in [6, 6.07) is 20.4. The van der Waals surface area contributed by atoms with Crippen LogP contribution in [0.2, 0.25) is 0 Å². The smallest absolute Gasteiger partial charge is 0.244 e. The van der Waals surface area contributed by atoms with Gasteiger partial charge in [-0.3, -0.25) is 4.79 Å². The first-order valence-corrected chi connectivity index (χ1v) is 12.0. The Labute approximate surface area is 186 Å². The maximum Gasteiger partial charge on any atom is 0.244 e. The van der Waals surface area contributed by atoms with Gasteiger partial charge in [-0.15, -0.1) is 0 Å². The Bertz CT molecular complexity index is 1380. The van der Waals surface area contributed by atoms with Crippen molar-refractivity contribution < 1.29 is 17.6 Å². The van der Waals surface area contributed by atoms with Crippen LogP contribution in [0.25, 0.3) is 10.9 Å². The van der Waals surface area contributed by atoms with E-state index >= 15 is 0 Å². The zero-order chi connectivity index (χ0) is 22.7. The number of amides is 1. The summed E-state index contributed by atoms with van der Waals surface area (Å²) in [5.41, 5.74) is 2.58. The van der Waals surface area contributed by atoms with Crippen molar-refractivity contribution in [2.24, 2.45) is 0 Å². The van der Waals surface area contributed by atoms with Crippen LogP contribution in [-0.4, -0.2) is 18.9 Å². The van der Waals surface area contributed by atoms with Crippen LogP contribution in [-0.2, 0) is 33.4 Å². The van der Waals surface area contributed by atoms with E-state index in [-0.39, 0.29) is 22.9 Å². The van der Waals surface area contributed by atoms with E-state index in [9.17, 15) is 17.6 Å². The Kier molecular flexibility index (Phi) is 6.10. The van der Waals surface area contributed by atoms with E-state index in [4.69, 9.17) is 0 Å². The van der Waals surface area contributed by atoms with Gasteiger partial charge in [-0.1, -0.05) is 55.5 Å². The molecule has 1 heterocycles. The van der Waals surface area contributed by atoms with E-state index in [1.807, 2.05) is 24.3 Å². The molecular weight excluding hydrogens is 427 g/mol. The molecule has 0 saturated carbocycles. The van der Waals surface area contributed by atoms with Crippen molar-refractivity contribution in [2.45, 2.75) is 30.5 Å². The molecular formula is C25H23FN2O3S. The van der Waals surface area contributed by atoms with Gasteiger partial charge in [0.1, 0.15) is 12.4 Å². The standard InChI is InChI=1S/C25H23FN2O3S/c1-2-18-11-13-20(14-12-18)27-25(29)16-28-15-24(21-8-4-6-10-23(21)28)32(30,31)17-19-7-3-5-9-22(19)26/h3-15H,2,16-17H2,1H3,(H,27,29). The minimum Gasteiger partial charge on any atom is -0.337 e. The number of nitrogens with zero attached hydrogens (tertiary/aromatic N) is 1. The predicted molar refractivity (Wildman–Crippen MR) is 124 cm³/mol. The van der Waals surface area contributed by atoms with Crippen molar-refractivity contribution >= 4 is 32.3 Å². The Morgan fingerprint density at radius 3 is 2.38 bits per heavy atom. The van der Waals surface area contributed by atoms with E-state index in [0.717, 1.165) is 6.42 Å². The number of benzene rings is 3. The van der Waals surface area contributed by atoms with Crippen LogP contribution in [0.4, 0.5) is 10.1 Å². The number of carbonyl (C=O) groups is 1. The molecule has 164 valence electrons. The first-order valence-electron chi connectivity index (χ1n) is 10.3. The van der Waals surface area contributed by atoms with Crippen LogP contribution in [0.15, 0.2) is 83.9 Å². The van der Waals surface area contributed by atoms with Gasteiger partial charge >= 0.3 is 0 Å². The zero-order valence-corrected chi connectivity index (χ0v) is 18.4. The van der Waals surface area contributed by atoms with Gasteiger partial charge in [0.2, 0.25) is 5.91 Å². The number of aryl methyl sites for hydroxylation is 1. The number of anilines is 1. The van der Waals surface area contributed by atoms with Gasteiger partial charge < -0.3 is 9.88 Å². The molecule has 1 N–H and O–H groups in total. The van der Waals surface area contributed by atoms with Crippen molar-refractivity contribution in [1.29, 1.82) is 0 Å². The molecule has 0 fully saturated rings. The summed E-state index contributed by atoms with van der Waals surface area (Å²) in [5.74, 6) is -1.29. The first kappa shape index (κ1) is 21.8. The lowest BCUT2D eigenvalue weighted by molar-refractivity contribution is -0.116. The second-order valence-electron chi connectivity index (χ2n) is 7.59.